The molecule has 4 rings (SSSR count). The molecule has 2 aromatic heterocycles. The Balaban J connectivity index is 1.60. The highest BCUT2D eigenvalue weighted by Gasteiger charge is 2.25. The molecule has 0 spiro atoms. The molecule has 0 fully saturated rings. The van der Waals surface area contributed by atoms with Gasteiger partial charge in [0, 0.05) is 36.5 Å². The second-order valence-electron chi connectivity index (χ2n) is 7.44. The first-order valence-corrected chi connectivity index (χ1v) is 10.9. The van der Waals surface area contributed by atoms with E-state index in [1.165, 1.54) is 30.5 Å². The Morgan fingerprint density at radius 2 is 1.86 bits per heavy atom. The van der Waals surface area contributed by atoms with E-state index in [0.29, 0.717) is 5.56 Å². The molecule has 0 aliphatic rings. The van der Waals surface area contributed by atoms with E-state index in [2.05, 4.69) is 54.5 Å². The predicted molar refractivity (Wildman–Crippen MR) is 131 cm³/mol. The third-order valence-corrected chi connectivity index (χ3v) is 5.33. The number of aromatic nitrogens is 5. The molecule has 14 heteroatoms. The van der Waals surface area contributed by atoms with E-state index in [1.54, 1.807) is 0 Å². The van der Waals surface area contributed by atoms with Crippen LogP contribution >= 0.6 is 0 Å². The van der Waals surface area contributed by atoms with Crippen LogP contribution in [0.2, 0.25) is 0 Å². The summed E-state index contributed by atoms with van der Waals surface area (Å²) in [6, 6.07) is 13.2. The third-order valence-electron chi connectivity index (χ3n) is 5.33. The fourth-order valence-corrected chi connectivity index (χ4v) is 3.50. The van der Waals surface area contributed by atoms with Crippen molar-refractivity contribution in [3.05, 3.63) is 69.9 Å². The zero-order valence-corrected chi connectivity index (χ0v) is 19.4. The summed E-state index contributed by atoms with van der Waals surface area (Å²) in [5.74, 6) is -0.742. The lowest BCUT2D eigenvalue weighted by Crippen LogP contribution is -2.21. The van der Waals surface area contributed by atoms with Gasteiger partial charge >= 0.3 is 0 Å². The van der Waals surface area contributed by atoms with Crippen LogP contribution in [0.15, 0.2) is 58.3 Å². The number of carbonyl (C=O) groups is 1. The van der Waals surface area contributed by atoms with Crippen molar-refractivity contribution in [2.45, 2.75) is 13.8 Å². The summed E-state index contributed by atoms with van der Waals surface area (Å²) in [7, 11) is 0. The zero-order valence-electron chi connectivity index (χ0n) is 19.4. The van der Waals surface area contributed by atoms with Crippen molar-refractivity contribution in [3.8, 4) is 17.1 Å². The number of nitro benzene ring substituents is 1. The van der Waals surface area contributed by atoms with E-state index in [4.69, 9.17) is 5.73 Å². The van der Waals surface area contributed by atoms with Gasteiger partial charge in [0.1, 0.15) is 5.69 Å². The molecule has 1 amide bonds. The van der Waals surface area contributed by atoms with E-state index in [1.807, 2.05) is 24.3 Å². The number of hydrogen-bond acceptors (Lipinski definition) is 11. The Morgan fingerprint density at radius 3 is 2.44 bits per heavy atom. The first-order valence-electron chi connectivity index (χ1n) is 10.9. The van der Waals surface area contributed by atoms with Crippen LogP contribution in [0.1, 0.15) is 29.9 Å². The Kier molecular flexibility index (Phi) is 6.95. The van der Waals surface area contributed by atoms with Crippen LogP contribution in [0.25, 0.3) is 17.1 Å². The fraction of sp³-hybridized carbons (Fsp3) is 0.182. The van der Waals surface area contributed by atoms with Gasteiger partial charge in [-0.1, -0.05) is 17.3 Å². The SMILES string of the molecule is CCN(CC)c1ccc(C=NNC(=O)c2nnn(-c3nonc3N)c2-c2ccc([N+](=O)[O-])cc2)cc1. The van der Waals surface area contributed by atoms with Crippen molar-refractivity contribution in [2.75, 3.05) is 23.7 Å². The highest BCUT2D eigenvalue weighted by molar-refractivity contribution is 5.98. The fourth-order valence-electron chi connectivity index (χ4n) is 3.50. The Labute approximate surface area is 204 Å². The number of non-ortho nitro benzene ring substituents is 1. The summed E-state index contributed by atoms with van der Waals surface area (Å²) in [5.41, 5.74) is 10.4. The highest BCUT2D eigenvalue weighted by Crippen LogP contribution is 2.28. The third kappa shape index (κ3) is 4.86. The number of anilines is 2. The van der Waals surface area contributed by atoms with Gasteiger partial charge in [-0.05, 0) is 54.0 Å². The molecule has 3 N–H and O–H groups in total. The molecule has 0 bridgehead atoms. The average Bonchev–Trinajstić information content (AvgIpc) is 3.51. The maximum Gasteiger partial charge on any atom is 0.294 e. The monoisotopic (exact) mass is 490 g/mol. The van der Waals surface area contributed by atoms with E-state index in [9.17, 15) is 14.9 Å². The Morgan fingerprint density at radius 1 is 1.17 bits per heavy atom. The van der Waals surface area contributed by atoms with Crippen LogP contribution in [0.3, 0.4) is 0 Å². The number of hydrogen-bond donors (Lipinski definition) is 2. The topological polar surface area (TPSA) is 183 Å². The highest BCUT2D eigenvalue weighted by atomic mass is 16.6. The summed E-state index contributed by atoms with van der Waals surface area (Å²) in [5, 5.41) is 30.2. The van der Waals surface area contributed by atoms with Gasteiger partial charge in [-0.15, -0.1) is 5.10 Å². The first-order chi connectivity index (χ1) is 17.4. The number of carbonyl (C=O) groups excluding carboxylic acids is 1. The largest absolute Gasteiger partial charge is 0.378 e. The van der Waals surface area contributed by atoms with E-state index < -0.39 is 10.8 Å². The number of amides is 1. The molecule has 2 aromatic carbocycles. The van der Waals surface area contributed by atoms with Crippen molar-refractivity contribution >= 4 is 29.3 Å². The van der Waals surface area contributed by atoms with Crippen LogP contribution in [0, 0.1) is 10.1 Å². The molecule has 0 aliphatic carbocycles. The lowest BCUT2D eigenvalue weighted by atomic mass is 10.1. The van der Waals surface area contributed by atoms with Gasteiger partial charge in [-0.25, -0.2) is 10.1 Å². The Bertz CT molecular complexity index is 1390. The molecule has 14 nitrogen and oxygen atoms in total. The minimum Gasteiger partial charge on any atom is -0.378 e. The van der Waals surface area contributed by atoms with Crippen LogP contribution in [0.5, 0.6) is 0 Å². The number of nitro groups is 1. The number of nitrogens with two attached hydrogens (primary N) is 1. The van der Waals surface area contributed by atoms with E-state index in [-0.39, 0.29) is 28.7 Å². The lowest BCUT2D eigenvalue weighted by Gasteiger charge is -2.20. The van der Waals surface area contributed by atoms with E-state index >= 15 is 0 Å². The number of benzene rings is 2. The predicted octanol–water partition coefficient (Wildman–Crippen LogP) is 2.42. The molecule has 0 radical (unpaired) electrons. The summed E-state index contributed by atoms with van der Waals surface area (Å²) >= 11 is 0. The second-order valence-corrected chi connectivity index (χ2v) is 7.44. The van der Waals surface area contributed by atoms with Gasteiger partial charge in [0.15, 0.2) is 5.69 Å². The number of rotatable bonds is 9. The number of nitrogen functional groups attached to an aromatic ring is 1. The molecule has 2 heterocycles. The zero-order chi connectivity index (χ0) is 25.7. The molecule has 0 unspecified atom stereocenters. The first kappa shape index (κ1) is 24.0. The number of hydrazone groups is 1. The Hall–Kier alpha value is -5.14. The van der Waals surface area contributed by atoms with Crippen molar-refractivity contribution in [3.63, 3.8) is 0 Å². The molecular formula is C22H22N10O4. The summed E-state index contributed by atoms with van der Waals surface area (Å²) in [4.78, 5) is 25.7. The van der Waals surface area contributed by atoms with Gasteiger partial charge in [0.25, 0.3) is 11.6 Å². The molecule has 184 valence electrons. The summed E-state index contributed by atoms with van der Waals surface area (Å²) in [6.45, 7) is 5.97. The van der Waals surface area contributed by atoms with Crippen molar-refractivity contribution in [1.82, 2.24) is 30.7 Å². The van der Waals surface area contributed by atoms with Crippen LogP contribution in [0.4, 0.5) is 17.2 Å². The summed E-state index contributed by atoms with van der Waals surface area (Å²) < 4.78 is 5.80. The molecular weight excluding hydrogens is 468 g/mol. The van der Waals surface area contributed by atoms with Crippen molar-refractivity contribution < 1.29 is 14.3 Å². The van der Waals surface area contributed by atoms with Crippen LogP contribution in [-0.2, 0) is 0 Å². The minimum atomic E-state index is -0.666. The molecule has 36 heavy (non-hydrogen) atoms. The van der Waals surface area contributed by atoms with Crippen LogP contribution in [-0.4, -0.2) is 55.4 Å². The molecule has 0 saturated heterocycles. The summed E-state index contributed by atoms with van der Waals surface area (Å²) in [6.07, 6.45) is 1.50. The van der Waals surface area contributed by atoms with Gasteiger partial charge in [-0.2, -0.15) is 9.78 Å². The quantitative estimate of drug-likeness (QED) is 0.201. The van der Waals surface area contributed by atoms with Gasteiger partial charge < -0.3 is 10.6 Å². The molecule has 0 aliphatic heterocycles. The van der Waals surface area contributed by atoms with Crippen molar-refractivity contribution in [1.29, 1.82) is 0 Å². The molecule has 4 aromatic rings. The van der Waals surface area contributed by atoms with Gasteiger partial charge in [-0.3, -0.25) is 14.9 Å². The minimum absolute atomic E-state index is 0.00620. The maximum absolute atomic E-state index is 12.9. The molecule has 0 atom stereocenters. The number of nitrogens with zero attached hydrogens (tertiary/aromatic N) is 8. The maximum atomic E-state index is 12.9. The standard InChI is InChI=1S/C22H22N10O4/c1-3-30(4-2)16-9-5-14(6-10-16)13-24-26-22(33)18-19(15-7-11-17(12-8-15)32(34)35)31(29-25-18)21-20(23)27-36-28-21/h5-13H,3-4H2,1-2H3,(H2,23,27)(H,26,33). The van der Waals surface area contributed by atoms with Gasteiger partial charge in [0.05, 0.1) is 11.1 Å². The lowest BCUT2D eigenvalue weighted by molar-refractivity contribution is -0.384. The normalized spacial score (nSPS) is 11.1. The van der Waals surface area contributed by atoms with E-state index in [0.717, 1.165) is 29.0 Å². The smallest absolute Gasteiger partial charge is 0.294 e. The molecule has 0 saturated carbocycles. The van der Waals surface area contributed by atoms with Gasteiger partial charge in [0.2, 0.25) is 11.6 Å². The van der Waals surface area contributed by atoms with Crippen LogP contribution < -0.4 is 16.1 Å². The second kappa shape index (κ2) is 10.4. The van der Waals surface area contributed by atoms with Crippen molar-refractivity contribution in [2.24, 2.45) is 5.10 Å². The average molecular weight is 490 g/mol. The number of nitrogens with one attached hydrogen (secondary N) is 1.